The molecule has 2 aromatic heterocycles. The third kappa shape index (κ3) is 3.14. The molecule has 0 saturated carbocycles. The van der Waals surface area contributed by atoms with Gasteiger partial charge in [0.1, 0.15) is 17.3 Å². The van der Waals surface area contributed by atoms with Crippen LogP contribution >= 0.6 is 0 Å². The summed E-state index contributed by atoms with van der Waals surface area (Å²) in [6.07, 6.45) is -3.38. The topological polar surface area (TPSA) is 88.5 Å². The van der Waals surface area contributed by atoms with Gasteiger partial charge in [-0.15, -0.1) is 0 Å². The molecule has 3 aromatic rings. The van der Waals surface area contributed by atoms with Gasteiger partial charge in [-0.3, -0.25) is 9.48 Å². The van der Waals surface area contributed by atoms with Gasteiger partial charge in [-0.2, -0.15) is 28.6 Å². The number of carbonyl (C=O) groups excluding carboxylic acids is 1. The number of aromatic nitrogens is 4. The van der Waals surface area contributed by atoms with Crippen LogP contribution in [0, 0.1) is 11.3 Å². The van der Waals surface area contributed by atoms with Crippen LogP contribution in [-0.2, 0) is 13.2 Å². The summed E-state index contributed by atoms with van der Waals surface area (Å²) in [5.74, 6) is -0.840. The van der Waals surface area contributed by atoms with Crippen molar-refractivity contribution in [3.63, 3.8) is 0 Å². The molecule has 7 nitrogen and oxygen atoms in total. The first-order valence-corrected chi connectivity index (χ1v) is 7.27. The van der Waals surface area contributed by atoms with Gasteiger partial charge in [0.25, 0.3) is 5.91 Å². The Kier molecular flexibility index (Phi) is 4.21. The number of amides is 1. The Hall–Kier alpha value is -3.61. The average Bonchev–Trinajstić information content (AvgIpc) is 3.18. The van der Waals surface area contributed by atoms with Gasteiger partial charge in [-0.05, 0) is 12.1 Å². The number of hydrogen-bond acceptors (Lipinski definition) is 4. The Balaban J connectivity index is 1.96. The number of halogens is 3. The fourth-order valence-electron chi connectivity index (χ4n) is 2.33. The van der Waals surface area contributed by atoms with Gasteiger partial charge >= 0.3 is 6.18 Å². The highest BCUT2D eigenvalue weighted by Crippen LogP contribution is 2.29. The summed E-state index contributed by atoms with van der Waals surface area (Å²) in [4.78, 5) is 12.4. The van der Waals surface area contributed by atoms with Crippen LogP contribution in [0.4, 0.5) is 19.0 Å². The van der Waals surface area contributed by atoms with Gasteiger partial charge < -0.3 is 5.32 Å². The van der Waals surface area contributed by atoms with Crippen molar-refractivity contribution < 1.29 is 18.0 Å². The second kappa shape index (κ2) is 6.36. The van der Waals surface area contributed by atoms with E-state index in [1.807, 2.05) is 6.07 Å². The van der Waals surface area contributed by atoms with Crippen LogP contribution in [-0.4, -0.2) is 25.5 Å². The van der Waals surface area contributed by atoms with Gasteiger partial charge in [-0.25, -0.2) is 4.68 Å². The largest absolute Gasteiger partial charge is 0.433 e. The molecule has 0 unspecified atom stereocenters. The van der Waals surface area contributed by atoms with Crippen molar-refractivity contribution >= 4 is 11.7 Å². The first kappa shape index (κ1) is 17.2. The van der Waals surface area contributed by atoms with Crippen molar-refractivity contribution in [2.75, 3.05) is 5.32 Å². The van der Waals surface area contributed by atoms with E-state index in [1.54, 1.807) is 30.3 Å². The lowest BCUT2D eigenvalue weighted by atomic mass is 10.3. The first-order valence-electron chi connectivity index (χ1n) is 7.27. The number of carbonyl (C=O) groups is 1. The molecule has 0 saturated heterocycles. The maximum Gasteiger partial charge on any atom is 0.433 e. The van der Waals surface area contributed by atoms with Gasteiger partial charge in [0.05, 0.1) is 11.9 Å². The number of nitrogens with zero attached hydrogens (tertiary/aromatic N) is 5. The summed E-state index contributed by atoms with van der Waals surface area (Å²) in [5.41, 5.74) is -0.847. The fourth-order valence-corrected chi connectivity index (χ4v) is 2.33. The highest BCUT2D eigenvalue weighted by molar-refractivity contribution is 6.03. The SMILES string of the molecule is Cn1nc(C(=O)Nc2c(C#N)cnn2-c2ccccc2)cc1C(F)(F)F. The van der Waals surface area contributed by atoms with Crippen LogP contribution in [0.15, 0.2) is 42.6 Å². The van der Waals surface area contributed by atoms with E-state index in [-0.39, 0.29) is 11.4 Å². The van der Waals surface area contributed by atoms with E-state index in [9.17, 15) is 23.2 Å². The van der Waals surface area contributed by atoms with Gasteiger partial charge in [0, 0.05) is 13.1 Å². The summed E-state index contributed by atoms with van der Waals surface area (Å²) in [6.45, 7) is 0. The number of nitriles is 1. The minimum atomic E-state index is -4.64. The van der Waals surface area contributed by atoms with Crippen molar-refractivity contribution in [2.45, 2.75) is 6.18 Å². The van der Waals surface area contributed by atoms with Crippen LogP contribution < -0.4 is 5.32 Å². The maximum atomic E-state index is 12.9. The van der Waals surface area contributed by atoms with E-state index in [1.165, 1.54) is 10.9 Å². The highest BCUT2D eigenvalue weighted by atomic mass is 19.4. The zero-order valence-electron chi connectivity index (χ0n) is 13.3. The van der Waals surface area contributed by atoms with E-state index in [0.717, 1.165) is 7.05 Å². The quantitative estimate of drug-likeness (QED) is 0.778. The average molecular weight is 360 g/mol. The number of hydrogen-bond donors (Lipinski definition) is 1. The van der Waals surface area contributed by atoms with E-state index >= 15 is 0 Å². The maximum absolute atomic E-state index is 12.9. The van der Waals surface area contributed by atoms with Gasteiger partial charge in [0.2, 0.25) is 0 Å². The number of anilines is 1. The molecule has 0 aliphatic rings. The number of rotatable bonds is 3. The molecule has 132 valence electrons. The van der Waals surface area contributed by atoms with Crippen LogP contribution in [0.1, 0.15) is 21.7 Å². The van der Waals surface area contributed by atoms with Gasteiger partial charge in [-0.1, -0.05) is 18.2 Å². The lowest BCUT2D eigenvalue weighted by Crippen LogP contribution is -2.16. The summed E-state index contributed by atoms with van der Waals surface area (Å²) < 4.78 is 40.5. The third-order valence-corrected chi connectivity index (χ3v) is 3.53. The Morgan fingerprint density at radius 1 is 1.27 bits per heavy atom. The molecule has 0 atom stereocenters. The van der Waals surface area contributed by atoms with Crippen molar-refractivity contribution in [3.8, 4) is 11.8 Å². The zero-order valence-corrected chi connectivity index (χ0v) is 13.3. The van der Waals surface area contributed by atoms with Crippen molar-refractivity contribution in [1.29, 1.82) is 5.26 Å². The number of benzene rings is 1. The molecule has 0 aliphatic carbocycles. The summed E-state index contributed by atoms with van der Waals surface area (Å²) in [7, 11) is 1.09. The number of nitrogens with one attached hydrogen (secondary N) is 1. The molecule has 0 spiro atoms. The van der Waals surface area contributed by atoms with Crippen molar-refractivity contribution in [1.82, 2.24) is 19.6 Å². The molecule has 0 fully saturated rings. The fraction of sp³-hybridized carbons (Fsp3) is 0.125. The summed E-state index contributed by atoms with van der Waals surface area (Å²) >= 11 is 0. The Labute approximate surface area is 145 Å². The minimum Gasteiger partial charge on any atom is -0.304 e. The molecule has 0 radical (unpaired) electrons. The Morgan fingerprint density at radius 2 is 1.96 bits per heavy atom. The normalized spacial score (nSPS) is 11.2. The molecular weight excluding hydrogens is 349 g/mol. The second-order valence-electron chi connectivity index (χ2n) is 5.26. The first-order chi connectivity index (χ1) is 12.3. The predicted molar refractivity (Wildman–Crippen MR) is 84.4 cm³/mol. The van der Waals surface area contributed by atoms with E-state index in [2.05, 4.69) is 15.5 Å². The second-order valence-corrected chi connectivity index (χ2v) is 5.26. The highest BCUT2D eigenvalue weighted by Gasteiger charge is 2.35. The van der Waals surface area contributed by atoms with Crippen LogP contribution in [0.25, 0.3) is 5.69 Å². The molecule has 10 heteroatoms. The molecular formula is C16H11F3N6O. The molecule has 1 aromatic carbocycles. The van der Waals surface area contributed by atoms with E-state index in [0.29, 0.717) is 16.4 Å². The Bertz CT molecular complexity index is 997. The molecule has 3 rings (SSSR count). The summed E-state index contributed by atoms with van der Waals surface area (Å²) in [6, 6.07) is 11.2. The van der Waals surface area contributed by atoms with Gasteiger partial charge in [0.15, 0.2) is 11.5 Å². The predicted octanol–water partition coefficient (Wildman–Crippen LogP) is 2.75. The number of alkyl halides is 3. The lowest BCUT2D eigenvalue weighted by Gasteiger charge is -2.08. The van der Waals surface area contributed by atoms with Crippen molar-refractivity contribution in [2.24, 2.45) is 7.05 Å². The van der Waals surface area contributed by atoms with E-state index in [4.69, 9.17) is 0 Å². The molecule has 0 aliphatic heterocycles. The molecule has 26 heavy (non-hydrogen) atoms. The number of aryl methyl sites for hydroxylation is 1. The standard InChI is InChI=1S/C16H11F3N6O/c1-24-13(16(17,18)19)7-12(23-24)15(26)22-14-10(8-20)9-21-25(14)11-5-3-2-4-6-11/h2-7,9H,1H3,(H,22,26). The van der Waals surface area contributed by atoms with E-state index < -0.39 is 23.5 Å². The molecule has 2 heterocycles. The smallest absolute Gasteiger partial charge is 0.304 e. The van der Waals surface area contributed by atoms with Crippen LogP contribution in [0.3, 0.4) is 0 Å². The minimum absolute atomic E-state index is 0.0444. The monoisotopic (exact) mass is 360 g/mol. The summed E-state index contributed by atoms with van der Waals surface area (Å²) in [5, 5.41) is 19.2. The van der Waals surface area contributed by atoms with Crippen LogP contribution in [0.2, 0.25) is 0 Å². The Morgan fingerprint density at radius 3 is 2.54 bits per heavy atom. The lowest BCUT2D eigenvalue weighted by molar-refractivity contribution is -0.143. The van der Waals surface area contributed by atoms with Crippen molar-refractivity contribution in [3.05, 3.63) is 59.5 Å². The molecule has 0 bridgehead atoms. The van der Waals surface area contributed by atoms with Crippen LogP contribution in [0.5, 0.6) is 0 Å². The zero-order chi connectivity index (χ0) is 18.9. The molecule has 1 amide bonds. The molecule has 1 N–H and O–H groups in total. The third-order valence-electron chi connectivity index (χ3n) is 3.53. The number of para-hydroxylation sites is 1.